The number of amides is 2. The summed E-state index contributed by atoms with van der Waals surface area (Å²) in [6.45, 7) is 4.45. The average Bonchev–Trinajstić information content (AvgIpc) is 3.17. The third-order valence-electron chi connectivity index (χ3n) is 4.40. The average molecular weight is 400 g/mol. The lowest BCUT2D eigenvalue weighted by molar-refractivity contribution is 0.251. The number of thiazole rings is 1. The number of carbonyl (C=O) groups is 1. The quantitative estimate of drug-likeness (QED) is 0.604. The van der Waals surface area contributed by atoms with Crippen molar-refractivity contribution in [2.24, 2.45) is 0 Å². The fourth-order valence-electron chi connectivity index (χ4n) is 2.61. The van der Waals surface area contributed by atoms with Gasteiger partial charge in [-0.25, -0.2) is 14.8 Å². The first-order chi connectivity index (χ1) is 13.4. The molecular weight excluding hydrogens is 379 g/mol. The van der Waals surface area contributed by atoms with Gasteiger partial charge in [-0.2, -0.15) is 4.39 Å². The summed E-state index contributed by atoms with van der Waals surface area (Å²) in [6.07, 6.45) is 3.16. The van der Waals surface area contributed by atoms with Crippen LogP contribution in [0.3, 0.4) is 0 Å². The maximum atomic E-state index is 12.8. The minimum atomic E-state index is -0.553. The van der Waals surface area contributed by atoms with Crippen LogP contribution >= 0.6 is 11.3 Å². The molecule has 2 N–H and O–H groups in total. The van der Waals surface area contributed by atoms with Gasteiger partial charge in [0.1, 0.15) is 5.75 Å². The first-order valence-corrected chi connectivity index (χ1v) is 9.46. The van der Waals surface area contributed by atoms with E-state index in [1.54, 1.807) is 19.4 Å². The van der Waals surface area contributed by atoms with Crippen molar-refractivity contribution in [2.45, 2.75) is 25.8 Å². The molecule has 0 fully saturated rings. The molecule has 0 saturated heterocycles. The molecule has 3 aromatic rings. The van der Waals surface area contributed by atoms with E-state index < -0.39 is 5.95 Å². The zero-order chi connectivity index (χ0) is 20.1. The molecule has 0 aliphatic heterocycles. The van der Waals surface area contributed by atoms with Crippen LogP contribution in [-0.2, 0) is 12.0 Å². The van der Waals surface area contributed by atoms with Gasteiger partial charge in [-0.05, 0) is 29.3 Å². The van der Waals surface area contributed by atoms with Crippen molar-refractivity contribution in [1.82, 2.24) is 15.3 Å². The first kappa shape index (κ1) is 19.8. The molecule has 0 atom stereocenters. The number of aromatic nitrogens is 2. The lowest BCUT2D eigenvalue weighted by atomic mass is 9.83. The molecule has 3 rings (SSSR count). The van der Waals surface area contributed by atoms with Crippen LogP contribution in [0.25, 0.3) is 0 Å². The Kier molecular flexibility index (Phi) is 5.89. The normalized spacial score (nSPS) is 11.1. The Morgan fingerprint density at radius 1 is 1.14 bits per heavy atom. The van der Waals surface area contributed by atoms with E-state index in [-0.39, 0.29) is 18.0 Å². The van der Waals surface area contributed by atoms with E-state index in [0.29, 0.717) is 10.7 Å². The predicted octanol–water partition coefficient (Wildman–Crippen LogP) is 4.33. The van der Waals surface area contributed by atoms with Crippen molar-refractivity contribution >= 4 is 22.5 Å². The molecule has 146 valence electrons. The minimum absolute atomic E-state index is 0.245. The predicted molar refractivity (Wildman–Crippen MR) is 107 cm³/mol. The molecule has 2 heterocycles. The van der Waals surface area contributed by atoms with Gasteiger partial charge in [0.05, 0.1) is 7.11 Å². The number of hydrogen-bond donors (Lipinski definition) is 2. The summed E-state index contributed by atoms with van der Waals surface area (Å²) in [7, 11) is 1.64. The molecule has 0 aliphatic carbocycles. The molecule has 8 heteroatoms. The number of hydrogen-bond acceptors (Lipinski definition) is 5. The summed E-state index contributed by atoms with van der Waals surface area (Å²) in [4.78, 5) is 21.0. The van der Waals surface area contributed by atoms with E-state index in [1.165, 1.54) is 23.6 Å². The van der Waals surface area contributed by atoms with Crippen molar-refractivity contribution in [2.75, 3.05) is 12.4 Å². The summed E-state index contributed by atoms with van der Waals surface area (Å²) in [5.41, 5.74) is 1.56. The standard InChI is InChI=1S/C20H21FN4O2S/c1-20(2,14-5-7-15(27-3)8-6-14)16-12-24-19(28-16)25-18(26)23-11-13-4-9-17(21)22-10-13/h4-10,12H,11H2,1-3H3,(H2,23,24,25,26). The van der Waals surface area contributed by atoms with Gasteiger partial charge >= 0.3 is 6.03 Å². The Morgan fingerprint density at radius 3 is 2.54 bits per heavy atom. The largest absolute Gasteiger partial charge is 0.497 e. The number of benzene rings is 1. The number of carbonyl (C=O) groups excluding carboxylic acids is 1. The zero-order valence-electron chi connectivity index (χ0n) is 15.8. The van der Waals surface area contributed by atoms with E-state index in [4.69, 9.17) is 4.74 Å². The van der Waals surface area contributed by atoms with Gasteiger partial charge in [0.15, 0.2) is 5.13 Å². The molecular formula is C20H21FN4O2S. The number of rotatable bonds is 6. The van der Waals surface area contributed by atoms with Crippen LogP contribution in [-0.4, -0.2) is 23.1 Å². The molecule has 0 bridgehead atoms. The van der Waals surface area contributed by atoms with Crippen molar-refractivity contribution in [3.8, 4) is 5.75 Å². The molecule has 0 unspecified atom stereocenters. The molecule has 2 aromatic heterocycles. The Hall–Kier alpha value is -3.00. The SMILES string of the molecule is COc1ccc(C(C)(C)c2cnc(NC(=O)NCc3ccc(F)nc3)s2)cc1. The van der Waals surface area contributed by atoms with Gasteiger partial charge in [-0.1, -0.05) is 32.0 Å². The van der Waals surface area contributed by atoms with E-state index in [2.05, 4.69) is 34.4 Å². The summed E-state index contributed by atoms with van der Waals surface area (Å²) < 4.78 is 18.0. The van der Waals surface area contributed by atoms with Gasteiger partial charge in [0.25, 0.3) is 0 Å². The second-order valence-corrected chi connectivity index (χ2v) is 7.71. The number of urea groups is 1. The molecule has 2 amide bonds. The molecule has 1 aromatic carbocycles. The summed E-state index contributed by atoms with van der Waals surface area (Å²) in [6, 6.07) is 10.3. The summed E-state index contributed by atoms with van der Waals surface area (Å²) in [5, 5.41) is 5.93. The van der Waals surface area contributed by atoms with Crippen LogP contribution in [0.15, 0.2) is 48.8 Å². The van der Waals surface area contributed by atoms with Crippen molar-refractivity contribution in [1.29, 1.82) is 0 Å². The third kappa shape index (κ3) is 4.64. The van der Waals surface area contributed by atoms with Gasteiger partial charge < -0.3 is 10.1 Å². The molecule has 6 nitrogen and oxygen atoms in total. The number of nitrogens with zero attached hydrogens (tertiary/aromatic N) is 2. The Labute approximate surface area is 166 Å². The Balaban J connectivity index is 1.62. The topological polar surface area (TPSA) is 76.1 Å². The first-order valence-electron chi connectivity index (χ1n) is 8.64. The smallest absolute Gasteiger partial charge is 0.321 e. The highest BCUT2D eigenvalue weighted by Gasteiger charge is 2.26. The second kappa shape index (κ2) is 8.35. The van der Waals surface area contributed by atoms with Crippen LogP contribution in [0, 0.1) is 5.95 Å². The fraction of sp³-hybridized carbons (Fsp3) is 0.250. The maximum absolute atomic E-state index is 12.8. The van der Waals surface area contributed by atoms with Gasteiger partial charge in [0.2, 0.25) is 5.95 Å². The van der Waals surface area contributed by atoms with Crippen molar-refractivity contribution < 1.29 is 13.9 Å². The van der Waals surface area contributed by atoms with Gasteiger partial charge in [0, 0.05) is 29.2 Å². The highest BCUT2D eigenvalue weighted by Crippen LogP contribution is 2.36. The van der Waals surface area contributed by atoms with E-state index in [0.717, 1.165) is 16.2 Å². The number of ether oxygens (including phenoxy) is 1. The Morgan fingerprint density at radius 2 is 1.89 bits per heavy atom. The Bertz CT molecular complexity index is 940. The van der Waals surface area contributed by atoms with Crippen LogP contribution in [0.2, 0.25) is 0 Å². The van der Waals surface area contributed by atoms with E-state index in [1.807, 2.05) is 24.3 Å². The lowest BCUT2D eigenvalue weighted by Crippen LogP contribution is -2.28. The second-order valence-electron chi connectivity index (χ2n) is 6.68. The summed E-state index contributed by atoms with van der Waals surface area (Å²) in [5.74, 6) is 0.252. The van der Waals surface area contributed by atoms with Crippen LogP contribution in [0.4, 0.5) is 14.3 Å². The van der Waals surface area contributed by atoms with Crippen LogP contribution < -0.4 is 15.4 Å². The van der Waals surface area contributed by atoms with Crippen LogP contribution in [0.5, 0.6) is 5.75 Å². The van der Waals surface area contributed by atoms with E-state index in [9.17, 15) is 9.18 Å². The number of nitrogens with one attached hydrogen (secondary N) is 2. The minimum Gasteiger partial charge on any atom is -0.497 e. The number of anilines is 1. The maximum Gasteiger partial charge on any atom is 0.321 e. The molecule has 0 radical (unpaired) electrons. The van der Waals surface area contributed by atoms with Gasteiger partial charge in [-0.15, -0.1) is 11.3 Å². The van der Waals surface area contributed by atoms with Crippen molar-refractivity contribution in [3.63, 3.8) is 0 Å². The summed E-state index contributed by atoms with van der Waals surface area (Å²) >= 11 is 1.42. The fourth-order valence-corrected chi connectivity index (χ4v) is 3.54. The lowest BCUT2D eigenvalue weighted by Gasteiger charge is -2.23. The number of methoxy groups -OCH3 is 1. The van der Waals surface area contributed by atoms with Gasteiger partial charge in [-0.3, -0.25) is 5.32 Å². The molecule has 0 spiro atoms. The molecule has 0 aliphatic rings. The monoisotopic (exact) mass is 400 g/mol. The van der Waals surface area contributed by atoms with Crippen LogP contribution in [0.1, 0.15) is 29.9 Å². The number of halogens is 1. The highest BCUT2D eigenvalue weighted by molar-refractivity contribution is 7.15. The zero-order valence-corrected chi connectivity index (χ0v) is 16.6. The number of pyridine rings is 1. The molecule has 28 heavy (non-hydrogen) atoms. The van der Waals surface area contributed by atoms with E-state index >= 15 is 0 Å². The highest BCUT2D eigenvalue weighted by atomic mass is 32.1. The van der Waals surface area contributed by atoms with Crippen molar-refractivity contribution in [3.05, 3.63) is 70.7 Å². The third-order valence-corrected chi connectivity index (χ3v) is 5.63. The molecule has 0 saturated carbocycles.